The van der Waals surface area contributed by atoms with E-state index in [4.69, 9.17) is 4.74 Å². The molecule has 1 aliphatic heterocycles. The second-order valence-electron chi connectivity index (χ2n) is 7.94. The quantitative estimate of drug-likeness (QED) is 0.549. The highest BCUT2D eigenvalue weighted by atomic mass is 16.5. The van der Waals surface area contributed by atoms with Gasteiger partial charge in [-0.25, -0.2) is 0 Å². The zero-order valence-electron chi connectivity index (χ0n) is 18.6. The van der Waals surface area contributed by atoms with Gasteiger partial charge >= 0.3 is 0 Å². The lowest BCUT2D eigenvalue weighted by molar-refractivity contribution is -0.131. The van der Waals surface area contributed by atoms with Crippen molar-refractivity contribution in [2.45, 2.75) is 6.42 Å². The van der Waals surface area contributed by atoms with Crippen LogP contribution >= 0.6 is 0 Å². The third-order valence-corrected chi connectivity index (χ3v) is 5.85. The van der Waals surface area contributed by atoms with E-state index in [9.17, 15) is 14.4 Å². The predicted octanol–water partition coefficient (Wildman–Crippen LogP) is 3.45. The summed E-state index contributed by atoms with van der Waals surface area (Å²) in [5.74, 6) is 0.385. The smallest absolute Gasteiger partial charge is 0.254 e. The summed E-state index contributed by atoms with van der Waals surface area (Å²) in [4.78, 5) is 42.5. The molecule has 3 aromatic carbocycles. The summed E-state index contributed by atoms with van der Waals surface area (Å²) in [7, 11) is 1.60. The van der Waals surface area contributed by atoms with Crippen LogP contribution < -0.4 is 4.74 Å². The first-order valence-electron chi connectivity index (χ1n) is 11.0. The normalized spacial score (nSPS) is 13.5. The summed E-state index contributed by atoms with van der Waals surface area (Å²) in [6, 6.07) is 23.3. The second-order valence-corrected chi connectivity index (χ2v) is 7.94. The van der Waals surface area contributed by atoms with Crippen molar-refractivity contribution in [2.75, 3.05) is 33.3 Å². The standard InChI is InChI=1S/C27H26N2O4/c1-33-22-11-7-8-20(18-22)19-25(30)28-14-16-29(17-15-28)27(32)24-13-6-5-12-23(24)26(31)21-9-3-2-4-10-21/h2-13,18H,14-17,19H2,1H3. The maximum atomic E-state index is 13.3. The van der Waals surface area contributed by atoms with Crippen LogP contribution in [-0.4, -0.2) is 60.7 Å². The Kier molecular flexibility index (Phi) is 6.83. The molecule has 6 nitrogen and oxygen atoms in total. The third kappa shape index (κ3) is 5.12. The number of benzene rings is 3. The van der Waals surface area contributed by atoms with E-state index >= 15 is 0 Å². The number of hydrogen-bond acceptors (Lipinski definition) is 4. The van der Waals surface area contributed by atoms with Crippen LogP contribution in [0, 0.1) is 0 Å². The Labute approximate surface area is 193 Å². The highest BCUT2D eigenvalue weighted by molar-refractivity contribution is 6.15. The van der Waals surface area contributed by atoms with E-state index in [-0.39, 0.29) is 17.6 Å². The van der Waals surface area contributed by atoms with Gasteiger partial charge in [-0.3, -0.25) is 14.4 Å². The largest absolute Gasteiger partial charge is 0.497 e. The van der Waals surface area contributed by atoms with Crippen LogP contribution in [0.1, 0.15) is 31.8 Å². The van der Waals surface area contributed by atoms with Gasteiger partial charge < -0.3 is 14.5 Å². The average molecular weight is 443 g/mol. The number of ether oxygens (including phenoxy) is 1. The lowest BCUT2D eigenvalue weighted by Gasteiger charge is -2.35. The van der Waals surface area contributed by atoms with E-state index in [0.29, 0.717) is 49.3 Å². The van der Waals surface area contributed by atoms with Crippen molar-refractivity contribution in [1.82, 2.24) is 9.80 Å². The molecule has 2 amide bonds. The summed E-state index contributed by atoms with van der Waals surface area (Å²) >= 11 is 0. The fourth-order valence-electron chi connectivity index (χ4n) is 4.01. The van der Waals surface area contributed by atoms with Crippen molar-refractivity contribution in [3.05, 3.63) is 101 Å². The molecule has 1 saturated heterocycles. The first-order chi connectivity index (χ1) is 16.1. The summed E-state index contributed by atoms with van der Waals surface area (Å²) in [6.07, 6.45) is 0.291. The van der Waals surface area contributed by atoms with Crippen molar-refractivity contribution in [1.29, 1.82) is 0 Å². The molecule has 6 heteroatoms. The number of rotatable bonds is 6. The minimum absolute atomic E-state index is 0.0232. The summed E-state index contributed by atoms with van der Waals surface area (Å²) in [5, 5.41) is 0. The molecular formula is C27H26N2O4. The summed E-state index contributed by atoms with van der Waals surface area (Å²) in [6.45, 7) is 1.78. The van der Waals surface area contributed by atoms with Gasteiger partial charge in [0.15, 0.2) is 5.78 Å². The molecule has 1 aliphatic rings. The second kappa shape index (κ2) is 10.1. The van der Waals surface area contributed by atoms with Crippen LogP contribution in [0.3, 0.4) is 0 Å². The highest BCUT2D eigenvalue weighted by Crippen LogP contribution is 2.19. The van der Waals surface area contributed by atoms with Crippen LogP contribution in [0.5, 0.6) is 5.75 Å². The minimum atomic E-state index is -0.185. The van der Waals surface area contributed by atoms with E-state index in [2.05, 4.69) is 0 Å². The molecule has 0 spiro atoms. The molecule has 0 atom stereocenters. The number of hydrogen-bond donors (Lipinski definition) is 0. The Balaban J connectivity index is 1.41. The zero-order valence-corrected chi connectivity index (χ0v) is 18.6. The number of carbonyl (C=O) groups is 3. The first kappa shape index (κ1) is 22.3. The molecule has 0 unspecified atom stereocenters. The SMILES string of the molecule is COc1cccc(CC(=O)N2CCN(C(=O)c3ccccc3C(=O)c3ccccc3)CC2)c1. The topological polar surface area (TPSA) is 66.9 Å². The van der Waals surface area contributed by atoms with Crippen molar-refractivity contribution in [3.63, 3.8) is 0 Å². The van der Waals surface area contributed by atoms with Crippen molar-refractivity contribution >= 4 is 17.6 Å². The molecule has 0 bridgehead atoms. The van der Waals surface area contributed by atoms with Gasteiger partial charge in [0.2, 0.25) is 5.91 Å². The van der Waals surface area contributed by atoms with Gasteiger partial charge in [0.25, 0.3) is 5.91 Å². The lowest BCUT2D eigenvalue weighted by atomic mass is 9.97. The molecule has 0 N–H and O–H groups in total. The third-order valence-electron chi connectivity index (χ3n) is 5.85. The van der Waals surface area contributed by atoms with Gasteiger partial charge in [-0.05, 0) is 23.8 Å². The summed E-state index contributed by atoms with van der Waals surface area (Å²) < 4.78 is 5.23. The number of methoxy groups -OCH3 is 1. The van der Waals surface area contributed by atoms with Crippen LogP contribution in [0.25, 0.3) is 0 Å². The van der Waals surface area contributed by atoms with Gasteiger partial charge in [-0.15, -0.1) is 0 Å². The van der Waals surface area contributed by atoms with Crippen LogP contribution in [0.2, 0.25) is 0 Å². The number of piperazine rings is 1. The number of nitrogens with zero attached hydrogens (tertiary/aromatic N) is 2. The van der Waals surface area contributed by atoms with Crippen molar-refractivity contribution in [3.8, 4) is 5.75 Å². The molecule has 1 heterocycles. The Morgan fingerprint density at radius 3 is 2.09 bits per heavy atom. The monoisotopic (exact) mass is 442 g/mol. The zero-order chi connectivity index (χ0) is 23.2. The van der Waals surface area contributed by atoms with Crippen LogP contribution in [0.4, 0.5) is 0 Å². The summed E-state index contributed by atoms with van der Waals surface area (Å²) in [5.41, 5.74) is 2.23. The molecule has 4 rings (SSSR count). The molecule has 0 radical (unpaired) electrons. The molecule has 168 valence electrons. The lowest BCUT2D eigenvalue weighted by Crippen LogP contribution is -2.51. The van der Waals surface area contributed by atoms with E-state index in [1.807, 2.05) is 30.3 Å². The number of amides is 2. The first-order valence-corrected chi connectivity index (χ1v) is 11.0. The average Bonchev–Trinajstić information content (AvgIpc) is 2.88. The predicted molar refractivity (Wildman–Crippen MR) is 125 cm³/mol. The molecule has 33 heavy (non-hydrogen) atoms. The van der Waals surface area contributed by atoms with Gasteiger partial charge in [0.1, 0.15) is 5.75 Å². The Morgan fingerprint density at radius 1 is 0.758 bits per heavy atom. The van der Waals surface area contributed by atoms with E-state index in [0.717, 1.165) is 11.3 Å². The molecule has 0 aliphatic carbocycles. The maximum absolute atomic E-state index is 13.3. The number of carbonyl (C=O) groups excluding carboxylic acids is 3. The van der Waals surface area contributed by atoms with E-state index in [1.54, 1.807) is 65.4 Å². The minimum Gasteiger partial charge on any atom is -0.497 e. The van der Waals surface area contributed by atoms with E-state index in [1.165, 1.54) is 0 Å². The Bertz CT molecular complexity index is 1150. The van der Waals surface area contributed by atoms with Gasteiger partial charge in [-0.1, -0.05) is 60.7 Å². The van der Waals surface area contributed by atoms with Crippen LogP contribution in [-0.2, 0) is 11.2 Å². The molecule has 0 saturated carbocycles. The molecule has 1 fully saturated rings. The van der Waals surface area contributed by atoms with Gasteiger partial charge in [-0.2, -0.15) is 0 Å². The van der Waals surface area contributed by atoms with Crippen LogP contribution in [0.15, 0.2) is 78.9 Å². The molecule has 0 aromatic heterocycles. The fourth-order valence-corrected chi connectivity index (χ4v) is 4.01. The van der Waals surface area contributed by atoms with Crippen molar-refractivity contribution < 1.29 is 19.1 Å². The Hall–Kier alpha value is -3.93. The van der Waals surface area contributed by atoms with Gasteiger partial charge in [0, 0.05) is 37.3 Å². The molecule has 3 aromatic rings. The van der Waals surface area contributed by atoms with E-state index < -0.39 is 0 Å². The molecular weight excluding hydrogens is 416 g/mol. The highest BCUT2D eigenvalue weighted by Gasteiger charge is 2.27. The van der Waals surface area contributed by atoms with Crippen molar-refractivity contribution in [2.24, 2.45) is 0 Å². The maximum Gasteiger partial charge on any atom is 0.254 e. The fraction of sp³-hybridized carbons (Fsp3) is 0.222. The Morgan fingerprint density at radius 2 is 1.39 bits per heavy atom. The number of ketones is 1. The van der Waals surface area contributed by atoms with Gasteiger partial charge in [0.05, 0.1) is 19.1 Å².